The minimum absolute atomic E-state index is 0.167. The SMILES string of the molecule is COc1ccc(CN(C)C(CN)c2cnn(C)c2C)cc1. The Morgan fingerprint density at radius 1 is 1.33 bits per heavy atom. The van der Waals surface area contributed by atoms with E-state index in [1.54, 1.807) is 7.11 Å². The Hall–Kier alpha value is -1.85. The monoisotopic (exact) mass is 288 g/mol. The molecule has 0 aliphatic carbocycles. The summed E-state index contributed by atoms with van der Waals surface area (Å²) < 4.78 is 7.07. The van der Waals surface area contributed by atoms with E-state index in [1.165, 1.54) is 11.1 Å². The lowest BCUT2D eigenvalue weighted by molar-refractivity contribution is 0.241. The second-order valence-electron chi connectivity index (χ2n) is 5.32. The van der Waals surface area contributed by atoms with E-state index in [9.17, 15) is 0 Å². The van der Waals surface area contributed by atoms with Crippen LogP contribution in [0.3, 0.4) is 0 Å². The third-order valence-electron chi connectivity index (χ3n) is 3.98. The molecule has 1 atom stereocenters. The molecule has 0 saturated heterocycles. The number of likely N-dealkylation sites (N-methyl/N-ethyl adjacent to an activating group) is 1. The van der Waals surface area contributed by atoms with Crippen molar-refractivity contribution in [1.82, 2.24) is 14.7 Å². The van der Waals surface area contributed by atoms with E-state index >= 15 is 0 Å². The number of rotatable bonds is 6. The molecule has 0 spiro atoms. The van der Waals surface area contributed by atoms with Gasteiger partial charge < -0.3 is 10.5 Å². The summed E-state index contributed by atoms with van der Waals surface area (Å²) in [5, 5.41) is 4.32. The minimum atomic E-state index is 0.167. The summed E-state index contributed by atoms with van der Waals surface area (Å²) in [4.78, 5) is 2.26. The van der Waals surface area contributed by atoms with Crippen molar-refractivity contribution in [3.63, 3.8) is 0 Å². The predicted molar refractivity (Wildman–Crippen MR) is 84.2 cm³/mol. The quantitative estimate of drug-likeness (QED) is 0.881. The Kier molecular flexibility index (Phi) is 4.98. The van der Waals surface area contributed by atoms with E-state index in [1.807, 2.05) is 30.1 Å². The summed E-state index contributed by atoms with van der Waals surface area (Å²) in [6, 6.07) is 8.30. The van der Waals surface area contributed by atoms with Crippen LogP contribution in [0.2, 0.25) is 0 Å². The highest BCUT2D eigenvalue weighted by Gasteiger charge is 2.19. The van der Waals surface area contributed by atoms with Crippen LogP contribution in [0.15, 0.2) is 30.5 Å². The molecule has 5 heteroatoms. The third-order valence-corrected chi connectivity index (χ3v) is 3.98. The maximum absolute atomic E-state index is 5.98. The van der Waals surface area contributed by atoms with Gasteiger partial charge in [-0.15, -0.1) is 0 Å². The highest BCUT2D eigenvalue weighted by Crippen LogP contribution is 2.23. The van der Waals surface area contributed by atoms with Gasteiger partial charge in [-0.05, 0) is 31.7 Å². The number of benzene rings is 1. The van der Waals surface area contributed by atoms with E-state index in [0.29, 0.717) is 6.54 Å². The first kappa shape index (κ1) is 15.5. The van der Waals surface area contributed by atoms with Gasteiger partial charge in [0.25, 0.3) is 0 Å². The smallest absolute Gasteiger partial charge is 0.118 e. The van der Waals surface area contributed by atoms with Crippen LogP contribution in [0.25, 0.3) is 0 Å². The van der Waals surface area contributed by atoms with Crippen LogP contribution in [0.1, 0.15) is 22.9 Å². The van der Waals surface area contributed by atoms with Gasteiger partial charge >= 0.3 is 0 Å². The standard InChI is InChI=1S/C16H24N4O/c1-12-15(10-18-20(12)3)16(9-17)19(2)11-13-5-7-14(21-4)8-6-13/h5-8,10,16H,9,11,17H2,1-4H3. The zero-order valence-electron chi connectivity index (χ0n) is 13.2. The number of aromatic nitrogens is 2. The molecule has 0 aliphatic heterocycles. The minimum Gasteiger partial charge on any atom is -0.497 e. The van der Waals surface area contributed by atoms with Crippen molar-refractivity contribution < 1.29 is 4.74 Å². The second kappa shape index (κ2) is 6.74. The number of hydrogen-bond acceptors (Lipinski definition) is 4. The van der Waals surface area contributed by atoms with Crippen LogP contribution >= 0.6 is 0 Å². The van der Waals surface area contributed by atoms with Crippen LogP contribution in [0.5, 0.6) is 5.75 Å². The van der Waals surface area contributed by atoms with E-state index in [4.69, 9.17) is 10.5 Å². The Balaban J connectivity index is 2.12. The summed E-state index contributed by atoms with van der Waals surface area (Å²) in [5.74, 6) is 0.875. The topological polar surface area (TPSA) is 56.3 Å². The molecule has 21 heavy (non-hydrogen) atoms. The molecule has 1 aromatic heterocycles. The van der Waals surface area contributed by atoms with E-state index in [0.717, 1.165) is 18.0 Å². The number of methoxy groups -OCH3 is 1. The number of hydrogen-bond donors (Lipinski definition) is 1. The first-order chi connectivity index (χ1) is 10.1. The number of ether oxygens (including phenoxy) is 1. The molecule has 1 heterocycles. The van der Waals surface area contributed by atoms with Crippen LogP contribution in [0.4, 0.5) is 0 Å². The van der Waals surface area contributed by atoms with Crippen molar-refractivity contribution in [2.75, 3.05) is 20.7 Å². The van der Waals surface area contributed by atoms with Gasteiger partial charge in [-0.25, -0.2) is 0 Å². The molecule has 0 fully saturated rings. The molecule has 0 amide bonds. The third kappa shape index (κ3) is 3.43. The fourth-order valence-electron chi connectivity index (χ4n) is 2.52. The summed E-state index contributed by atoms with van der Waals surface area (Å²) in [6.45, 7) is 3.48. The number of nitrogens with zero attached hydrogens (tertiary/aromatic N) is 3. The van der Waals surface area contributed by atoms with Crippen molar-refractivity contribution in [1.29, 1.82) is 0 Å². The molecule has 2 rings (SSSR count). The number of aryl methyl sites for hydroxylation is 1. The molecule has 5 nitrogen and oxygen atoms in total. The van der Waals surface area contributed by atoms with E-state index in [2.05, 4.69) is 36.1 Å². The molecule has 2 N–H and O–H groups in total. The summed E-state index contributed by atoms with van der Waals surface area (Å²) in [5.41, 5.74) is 9.57. The van der Waals surface area contributed by atoms with Gasteiger partial charge in [0.1, 0.15) is 5.75 Å². The number of nitrogens with two attached hydrogens (primary N) is 1. The first-order valence-corrected chi connectivity index (χ1v) is 7.08. The van der Waals surface area contributed by atoms with Gasteiger partial charge in [-0.3, -0.25) is 9.58 Å². The molecular formula is C16H24N4O. The normalized spacial score (nSPS) is 12.7. The van der Waals surface area contributed by atoms with Gasteiger partial charge in [0.05, 0.1) is 19.3 Å². The van der Waals surface area contributed by atoms with Crippen molar-refractivity contribution >= 4 is 0 Å². The molecule has 1 aromatic carbocycles. The molecule has 0 radical (unpaired) electrons. The van der Waals surface area contributed by atoms with Crippen LogP contribution in [-0.2, 0) is 13.6 Å². The van der Waals surface area contributed by atoms with Crippen LogP contribution in [-0.4, -0.2) is 35.4 Å². The van der Waals surface area contributed by atoms with Crippen LogP contribution in [0, 0.1) is 6.92 Å². The van der Waals surface area contributed by atoms with Crippen LogP contribution < -0.4 is 10.5 Å². The zero-order valence-corrected chi connectivity index (χ0v) is 13.2. The van der Waals surface area contributed by atoms with Crippen molar-refractivity contribution in [2.24, 2.45) is 12.8 Å². The lowest BCUT2D eigenvalue weighted by atomic mass is 10.1. The highest BCUT2D eigenvalue weighted by molar-refractivity contribution is 5.27. The molecule has 0 bridgehead atoms. The second-order valence-corrected chi connectivity index (χ2v) is 5.32. The predicted octanol–water partition coefficient (Wildman–Crippen LogP) is 1.87. The zero-order chi connectivity index (χ0) is 15.4. The average molecular weight is 288 g/mol. The molecule has 114 valence electrons. The Morgan fingerprint density at radius 3 is 2.48 bits per heavy atom. The Labute approximate surface area is 126 Å². The van der Waals surface area contributed by atoms with Gasteiger partial charge in [0.2, 0.25) is 0 Å². The Bertz CT molecular complexity index is 576. The van der Waals surface area contributed by atoms with Crippen molar-refractivity contribution in [3.8, 4) is 5.75 Å². The summed E-state index contributed by atoms with van der Waals surface area (Å²) >= 11 is 0. The van der Waals surface area contributed by atoms with Gasteiger partial charge in [-0.2, -0.15) is 5.10 Å². The lowest BCUT2D eigenvalue weighted by Gasteiger charge is -2.27. The maximum atomic E-state index is 5.98. The maximum Gasteiger partial charge on any atom is 0.118 e. The molecule has 1 unspecified atom stereocenters. The largest absolute Gasteiger partial charge is 0.497 e. The summed E-state index contributed by atoms with van der Waals surface area (Å²) in [7, 11) is 5.72. The van der Waals surface area contributed by atoms with Crippen molar-refractivity contribution in [3.05, 3.63) is 47.3 Å². The Morgan fingerprint density at radius 2 is 2.00 bits per heavy atom. The van der Waals surface area contributed by atoms with Gasteiger partial charge in [-0.1, -0.05) is 12.1 Å². The summed E-state index contributed by atoms with van der Waals surface area (Å²) in [6.07, 6.45) is 1.91. The average Bonchev–Trinajstić information content (AvgIpc) is 2.81. The molecule has 0 aliphatic rings. The highest BCUT2D eigenvalue weighted by atomic mass is 16.5. The van der Waals surface area contributed by atoms with Crippen molar-refractivity contribution in [2.45, 2.75) is 19.5 Å². The van der Waals surface area contributed by atoms with E-state index < -0.39 is 0 Å². The van der Waals surface area contributed by atoms with E-state index in [-0.39, 0.29) is 6.04 Å². The lowest BCUT2D eigenvalue weighted by Crippen LogP contribution is -2.30. The fourth-order valence-corrected chi connectivity index (χ4v) is 2.52. The molecule has 2 aromatic rings. The van der Waals surface area contributed by atoms with Gasteiger partial charge in [0.15, 0.2) is 0 Å². The molecule has 0 saturated carbocycles. The molecular weight excluding hydrogens is 264 g/mol. The van der Waals surface area contributed by atoms with Gasteiger partial charge in [0, 0.05) is 31.4 Å². The fraction of sp³-hybridized carbons (Fsp3) is 0.438. The first-order valence-electron chi connectivity index (χ1n) is 7.08.